The van der Waals surface area contributed by atoms with Crippen LogP contribution in [0.5, 0.6) is 0 Å². The Labute approximate surface area is 85.1 Å². The number of hydrogen-bond acceptors (Lipinski definition) is 1. The van der Waals surface area contributed by atoms with Crippen LogP contribution >= 0.6 is 11.6 Å². The number of nitrogens with one attached hydrogen (secondary N) is 1. The number of rotatable bonds is 4. The Morgan fingerprint density at radius 2 is 1.92 bits per heavy atom. The molecule has 2 heteroatoms. The first-order chi connectivity index (χ1) is 6.25. The topological polar surface area (TPSA) is 12.0 Å². The second-order valence-corrected chi connectivity index (χ2v) is 3.82. The zero-order valence-corrected chi connectivity index (χ0v) is 8.88. The molecule has 0 aromatic heterocycles. The van der Waals surface area contributed by atoms with Gasteiger partial charge < -0.3 is 5.32 Å². The fourth-order valence-corrected chi connectivity index (χ4v) is 1.63. The van der Waals surface area contributed by atoms with Crippen molar-refractivity contribution in [2.45, 2.75) is 12.3 Å². The van der Waals surface area contributed by atoms with Gasteiger partial charge in [0.25, 0.3) is 0 Å². The van der Waals surface area contributed by atoms with Crippen LogP contribution in [0.4, 0.5) is 0 Å². The van der Waals surface area contributed by atoms with Gasteiger partial charge in [-0.2, -0.15) is 0 Å². The van der Waals surface area contributed by atoms with Crippen LogP contribution < -0.4 is 5.32 Å². The molecule has 13 heavy (non-hydrogen) atoms. The Morgan fingerprint density at radius 1 is 1.31 bits per heavy atom. The molecule has 0 radical (unpaired) electrons. The van der Waals surface area contributed by atoms with Crippen LogP contribution in [0.1, 0.15) is 17.9 Å². The molecule has 0 unspecified atom stereocenters. The van der Waals surface area contributed by atoms with E-state index < -0.39 is 0 Å². The lowest BCUT2D eigenvalue weighted by atomic mass is 10.0. The second-order valence-electron chi connectivity index (χ2n) is 3.35. The van der Waals surface area contributed by atoms with Gasteiger partial charge in [0.05, 0.1) is 5.38 Å². The van der Waals surface area contributed by atoms with E-state index in [9.17, 15) is 0 Å². The molecule has 0 saturated carbocycles. The maximum atomic E-state index is 6.30. The van der Waals surface area contributed by atoms with Crippen LogP contribution in [-0.4, -0.2) is 13.6 Å². The monoisotopic (exact) mass is 197 g/mol. The van der Waals surface area contributed by atoms with Crippen LogP contribution in [-0.2, 0) is 0 Å². The zero-order chi connectivity index (χ0) is 9.68. The minimum atomic E-state index is 0.105. The van der Waals surface area contributed by atoms with Crippen molar-refractivity contribution in [2.75, 3.05) is 13.6 Å². The molecular weight excluding hydrogens is 182 g/mol. The average Bonchev–Trinajstić information content (AvgIpc) is 2.18. The fourth-order valence-electron chi connectivity index (χ4n) is 1.39. The van der Waals surface area contributed by atoms with E-state index in [2.05, 4.69) is 24.4 Å². The van der Waals surface area contributed by atoms with Gasteiger partial charge in [0.2, 0.25) is 0 Å². The van der Waals surface area contributed by atoms with Crippen molar-refractivity contribution in [3.63, 3.8) is 0 Å². The van der Waals surface area contributed by atoms with E-state index >= 15 is 0 Å². The molecule has 0 bridgehead atoms. The minimum Gasteiger partial charge on any atom is -0.319 e. The highest BCUT2D eigenvalue weighted by Gasteiger charge is 2.14. The molecule has 1 N–H and O–H groups in total. The lowest BCUT2D eigenvalue weighted by Crippen LogP contribution is -2.19. The molecule has 0 amide bonds. The summed E-state index contributed by atoms with van der Waals surface area (Å²) in [5, 5.41) is 3.24. The maximum Gasteiger partial charge on any atom is 0.0622 e. The van der Waals surface area contributed by atoms with Crippen LogP contribution in [0.2, 0.25) is 0 Å². The SMILES string of the molecule is CNC[C@H](C)[C@H](Cl)c1ccccc1. The molecule has 0 saturated heterocycles. The smallest absolute Gasteiger partial charge is 0.0622 e. The van der Waals surface area contributed by atoms with Crippen molar-refractivity contribution in [3.05, 3.63) is 35.9 Å². The summed E-state index contributed by atoms with van der Waals surface area (Å²) in [6, 6.07) is 10.2. The zero-order valence-electron chi connectivity index (χ0n) is 8.13. The van der Waals surface area contributed by atoms with Gasteiger partial charge in [-0.25, -0.2) is 0 Å². The highest BCUT2D eigenvalue weighted by molar-refractivity contribution is 6.21. The van der Waals surface area contributed by atoms with E-state index in [1.165, 1.54) is 5.56 Å². The first-order valence-corrected chi connectivity index (χ1v) is 5.03. The predicted molar refractivity (Wildman–Crippen MR) is 58.1 cm³/mol. The number of hydrogen-bond donors (Lipinski definition) is 1. The highest BCUT2D eigenvalue weighted by atomic mass is 35.5. The summed E-state index contributed by atoms with van der Waals surface area (Å²) in [4.78, 5) is 0. The molecule has 0 aliphatic heterocycles. The van der Waals surface area contributed by atoms with Gasteiger partial charge in [0.15, 0.2) is 0 Å². The maximum absolute atomic E-state index is 6.30. The number of alkyl halides is 1. The molecule has 0 aliphatic rings. The molecule has 72 valence electrons. The number of benzene rings is 1. The Kier molecular flexibility index (Phi) is 4.26. The third-order valence-corrected chi connectivity index (χ3v) is 2.83. The van der Waals surface area contributed by atoms with Crippen molar-refractivity contribution in [2.24, 2.45) is 5.92 Å². The predicted octanol–water partition coefficient (Wildman–Crippen LogP) is 2.82. The first-order valence-electron chi connectivity index (χ1n) is 4.59. The van der Waals surface area contributed by atoms with Gasteiger partial charge >= 0.3 is 0 Å². The van der Waals surface area contributed by atoms with Gasteiger partial charge in [-0.3, -0.25) is 0 Å². The third kappa shape index (κ3) is 3.02. The van der Waals surface area contributed by atoms with Crippen molar-refractivity contribution < 1.29 is 0 Å². The van der Waals surface area contributed by atoms with Gasteiger partial charge in [0, 0.05) is 0 Å². The largest absolute Gasteiger partial charge is 0.319 e. The second kappa shape index (κ2) is 5.25. The average molecular weight is 198 g/mol. The van der Waals surface area contributed by atoms with E-state index in [-0.39, 0.29) is 5.38 Å². The van der Waals surface area contributed by atoms with Crippen molar-refractivity contribution in [1.82, 2.24) is 5.32 Å². The molecule has 0 fully saturated rings. The van der Waals surface area contributed by atoms with E-state index in [4.69, 9.17) is 11.6 Å². The van der Waals surface area contributed by atoms with E-state index in [1.807, 2.05) is 25.2 Å². The standard InChI is InChI=1S/C11H16ClN/c1-9(8-13-2)11(12)10-6-4-3-5-7-10/h3-7,9,11,13H,8H2,1-2H3/t9-,11-/m0/s1. The van der Waals surface area contributed by atoms with Gasteiger partial charge in [-0.15, -0.1) is 11.6 Å². The third-order valence-electron chi connectivity index (χ3n) is 2.14. The van der Waals surface area contributed by atoms with E-state index in [0.717, 1.165) is 6.54 Å². The van der Waals surface area contributed by atoms with E-state index in [0.29, 0.717) is 5.92 Å². The first kappa shape index (κ1) is 10.6. The Morgan fingerprint density at radius 3 is 2.46 bits per heavy atom. The quantitative estimate of drug-likeness (QED) is 0.733. The van der Waals surface area contributed by atoms with Gasteiger partial charge in [-0.1, -0.05) is 37.3 Å². The summed E-state index contributed by atoms with van der Waals surface area (Å²) in [5.41, 5.74) is 1.20. The van der Waals surface area contributed by atoms with Crippen LogP contribution in [0.3, 0.4) is 0 Å². The number of halogens is 1. The van der Waals surface area contributed by atoms with Crippen molar-refractivity contribution in [1.29, 1.82) is 0 Å². The molecule has 1 aromatic carbocycles. The minimum absolute atomic E-state index is 0.105. The molecule has 0 spiro atoms. The van der Waals surface area contributed by atoms with Gasteiger partial charge in [-0.05, 0) is 25.1 Å². The summed E-state index contributed by atoms with van der Waals surface area (Å²) in [7, 11) is 1.95. The Hall–Kier alpha value is -0.530. The molecular formula is C11H16ClN. The summed E-state index contributed by atoms with van der Waals surface area (Å²) in [6.45, 7) is 3.10. The highest BCUT2D eigenvalue weighted by Crippen LogP contribution is 2.27. The molecule has 2 atom stereocenters. The van der Waals surface area contributed by atoms with Gasteiger partial charge in [0.1, 0.15) is 0 Å². The van der Waals surface area contributed by atoms with E-state index in [1.54, 1.807) is 0 Å². The normalized spacial score (nSPS) is 15.3. The summed E-state index contributed by atoms with van der Waals surface area (Å²) < 4.78 is 0. The fraction of sp³-hybridized carbons (Fsp3) is 0.455. The molecule has 1 aromatic rings. The van der Waals surface area contributed by atoms with Crippen LogP contribution in [0.25, 0.3) is 0 Å². The Bertz CT molecular complexity index is 235. The molecule has 0 heterocycles. The summed E-state index contributed by atoms with van der Waals surface area (Å²) in [5.74, 6) is 0.453. The molecule has 0 aliphatic carbocycles. The van der Waals surface area contributed by atoms with Crippen molar-refractivity contribution >= 4 is 11.6 Å². The van der Waals surface area contributed by atoms with Crippen molar-refractivity contribution in [3.8, 4) is 0 Å². The molecule has 1 nitrogen and oxygen atoms in total. The van der Waals surface area contributed by atoms with Crippen LogP contribution in [0, 0.1) is 5.92 Å². The Balaban J connectivity index is 2.62. The molecule has 1 rings (SSSR count). The lowest BCUT2D eigenvalue weighted by Gasteiger charge is -2.17. The summed E-state index contributed by atoms with van der Waals surface area (Å²) >= 11 is 6.30. The summed E-state index contributed by atoms with van der Waals surface area (Å²) in [6.07, 6.45) is 0. The lowest BCUT2D eigenvalue weighted by molar-refractivity contribution is 0.527. The van der Waals surface area contributed by atoms with Crippen LogP contribution in [0.15, 0.2) is 30.3 Å².